The Bertz CT molecular complexity index is 617. The Morgan fingerprint density at radius 3 is 3.00 bits per heavy atom. The van der Waals surface area contributed by atoms with Gasteiger partial charge in [-0.1, -0.05) is 11.6 Å². The molecule has 7 heteroatoms. The van der Waals surface area contributed by atoms with Crippen LogP contribution in [0.3, 0.4) is 0 Å². The molecule has 0 radical (unpaired) electrons. The standard InChI is InChI=1S/C10H6ClFIN3O/c11-5-1-2-6(12)7(3-5)16-9-8(13)10(17)15-4-14-9/h1-4H,(H2,14,15,16,17). The largest absolute Gasteiger partial charge is 0.337 e. The summed E-state index contributed by atoms with van der Waals surface area (Å²) in [6.07, 6.45) is 1.25. The van der Waals surface area contributed by atoms with Crippen molar-refractivity contribution in [2.24, 2.45) is 0 Å². The Morgan fingerprint density at radius 2 is 2.24 bits per heavy atom. The third-order valence-corrected chi connectivity index (χ3v) is 3.21. The number of benzene rings is 1. The zero-order chi connectivity index (χ0) is 12.4. The molecule has 17 heavy (non-hydrogen) atoms. The van der Waals surface area contributed by atoms with E-state index in [-0.39, 0.29) is 17.1 Å². The van der Waals surface area contributed by atoms with Crippen molar-refractivity contribution < 1.29 is 4.39 Å². The van der Waals surface area contributed by atoms with Crippen molar-refractivity contribution in [1.29, 1.82) is 0 Å². The highest BCUT2D eigenvalue weighted by Crippen LogP contribution is 2.23. The molecular formula is C10H6ClFIN3O. The van der Waals surface area contributed by atoms with E-state index >= 15 is 0 Å². The predicted molar refractivity (Wildman–Crippen MR) is 72.3 cm³/mol. The van der Waals surface area contributed by atoms with Crippen LogP contribution in [0.25, 0.3) is 0 Å². The van der Waals surface area contributed by atoms with Gasteiger partial charge in [-0.25, -0.2) is 9.37 Å². The summed E-state index contributed by atoms with van der Waals surface area (Å²) in [7, 11) is 0. The normalized spacial score (nSPS) is 10.3. The molecule has 0 fully saturated rings. The van der Waals surface area contributed by atoms with Crippen LogP contribution >= 0.6 is 34.2 Å². The Hall–Kier alpha value is -1.15. The molecule has 0 saturated heterocycles. The monoisotopic (exact) mass is 365 g/mol. The van der Waals surface area contributed by atoms with E-state index < -0.39 is 5.82 Å². The van der Waals surface area contributed by atoms with E-state index in [0.29, 0.717) is 8.59 Å². The van der Waals surface area contributed by atoms with Gasteiger partial charge in [0.05, 0.1) is 12.0 Å². The predicted octanol–water partition coefficient (Wildman–Crippen LogP) is 2.91. The molecule has 0 aliphatic rings. The minimum absolute atomic E-state index is 0.175. The summed E-state index contributed by atoms with van der Waals surface area (Å²) in [5.74, 6) is -0.178. The summed E-state index contributed by atoms with van der Waals surface area (Å²) in [5, 5.41) is 3.12. The number of rotatable bonds is 2. The number of aromatic amines is 1. The highest BCUT2D eigenvalue weighted by molar-refractivity contribution is 14.1. The van der Waals surface area contributed by atoms with Gasteiger partial charge >= 0.3 is 0 Å². The Kier molecular flexibility index (Phi) is 3.63. The molecule has 0 aliphatic heterocycles. The van der Waals surface area contributed by atoms with Crippen LogP contribution in [0, 0.1) is 9.39 Å². The van der Waals surface area contributed by atoms with Crippen LogP contribution in [-0.4, -0.2) is 9.97 Å². The van der Waals surface area contributed by atoms with Gasteiger partial charge in [0, 0.05) is 5.02 Å². The molecule has 1 heterocycles. The molecule has 0 amide bonds. The Morgan fingerprint density at radius 1 is 1.47 bits per heavy atom. The molecule has 2 aromatic rings. The summed E-state index contributed by atoms with van der Waals surface area (Å²) in [5.41, 5.74) is -0.112. The molecule has 2 N–H and O–H groups in total. The number of nitrogens with zero attached hydrogens (tertiary/aromatic N) is 1. The lowest BCUT2D eigenvalue weighted by molar-refractivity contribution is 0.632. The number of halogens is 3. The lowest BCUT2D eigenvalue weighted by atomic mass is 10.3. The summed E-state index contributed by atoms with van der Waals surface area (Å²) >= 11 is 7.59. The highest BCUT2D eigenvalue weighted by Gasteiger charge is 2.08. The van der Waals surface area contributed by atoms with E-state index in [4.69, 9.17) is 11.6 Å². The fourth-order valence-corrected chi connectivity index (χ4v) is 1.79. The first-order valence-electron chi connectivity index (χ1n) is 4.53. The van der Waals surface area contributed by atoms with E-state index in [2.05, 4.69) is 15.3 Å². The third kappa shape index (κ3) is 2.75. The zero-order valence-corrected chi connectivity index (χ0v) is 11.2. The number of aromatic nitrogens is 2. The summed E-state index contributed by atoms with van der Waals surface area (Å²) in [6, 6.07) is 4.11. The van der Waals surface area contributed by atoms with E-state index in [1.54, 1.807) is 0 Å². The van der Waals surface area contributed by atoms with Crippen molar-refractivity contribution in [3.63, 3.8) is 0 Å². The average molecular weight is 366 g/mol. The van der Waals surface area contributed by atoms with Crippen LogP contribution in [-0.2, 0) is 0 Å². The van der Waals surface area contributed by atoms with Crippen molar-refractivity contribution in [3.8, 4) is 0 Å². The van der Waals surface area contributed by atoms with Gasteiger partial charge in [0.25, 0.3) is 5.56 Å². The highest BCUT2D eigenvalue weighted by atomic mass is 127. The minimum atomic E-state index is -0.465. The Labute approximate surface area is 114 Å². The summed E-state index contributed by atoms with van der Waals surface area (Å²) < 4.78 is 13.8. The second-order valence-electron chi connectivity index (χ2n) is 3.14. The van der Waals surface area contributed by atoms with Gasteiger partial charge < -0.3 is 10.3 Å². The van der Waals surface area contributed by atoms with Gasteiger partial charge in [0.1, 0.15) is 9.39 Å². The Balaban J connectivity index is 2.41. The van der Waals surface area contributed by atoms with Gasteiger partial charge in [0.2, 0.25) is 0 Å². The van der Waals surface area contributed by atoms with Crippen LogP contribution < -0.4 is 10.9 Å². The first-order chi connectivity index (χ1) is 8.08. The van der Waals surface area contributed by atoms with E-state index in [0.717, 1.165) is 0 Å². The number of hydrogen-bond donors (Lipinski definition) is 2. The van der Waals surface area contributed by atoms with Crippen LogP contribution in [0.5, 0.6) is 0 Å². The molecule has 1 aromatic carbocycles. The molecule has 0 atom stereocenters. The second kappa shape index (κ2) is 5.01. The van der Waals surface area contributed by atoms with Gasteiger partial charge in [-0.2, -0.15) is 0 Å². The van der Waals surface area contributed by atoms with Gasteiger partial charge in [-0.15, -0.1) is 0 Å². The maximum atomic E-state index is 13.5. The van der Waals surface area contributed by atoms with Crippen molar-refractivity contribution in [3.05, 3.63) is 49.3 Å². The lowest BCUT2D eigenvalue weighted by Gasteiger charge is -2.07. The van der Waals surface area contributed by atoms with Crippen molar-refractivity contribution in [2.45, 2.75) is 0 Å². The minimum Gasteiger partial charge on any atom is -0.337 e. The summed E-state index contributed by atoms with van der Waals surface area (Å²) in [6.45, 7) is 0. The lowest BCUT2D eigenvalue weighted by Crippen LogP contribution is -2.13. The van der Waals surface area contributed by atoms with E-state index in [1.165, 1.54) is 24.5 Å². The number of anilines is 2. The maximum absolute atomic E-state index is 13.5. The average Bonchev–Trinajstić information content (AvgIpc) is 2.30. The van der Waals surface area contributed by atoms with Crippen LogP contribution in [0.15, 0.2) is 29.3 Å². The van der Waals surface area contributed by atoms with Gasteiger partial charge in [-0.05, 0) is 40.8 Å². The quantitative estimate of drug-likeness (QED) is 0.805. The molecule has 4 nitrogen and oxygen atoms in total. The molecule has 0 saturated carbocycles. The number of H-pyrrole nitrogens is 1. The topological polar surface area (TPSA) is 57.8 Å². The molecule has 88 valence electrons. The SMILES string of the molecule is O=c1[nH]cnc(Nc2cc(Cl)ccc2F)c1I. The fourth-order valence-electron chi connectivity index (χ4n) is 1.19. The molecule has 0 aliphatic carbocycles. The van der Waals surface area contributed by atoms with Gasteiger partial charge in [-0.3, -0.25) is 4.79 Å². The maximum Gasteiger partial charge on any atom is 0.266 e. The first kappa shape index (κ1) is 12.3. The molecule has 2 rings (SSSR count). The molecule has 0 spiro atoms. The van der Waals surface area contributed by atoms with Crippen LogP contribution in [0.4, 0.5) is 15.9 Å². The van der Waals surface area contributed by atoms with Crippen molar-refractivity contribution >= 4 is 45.7 Å². The fraction of sp³-hybridized carbons (Fsp3) is 0. The van der Waals surface area contributed by atoms with Crippen LogP contribution in [0.1, 0.15) is 0 Å². The number of nitrogens with one attached hydrogen (secondary N) is 2. The molecule has 0 unspecified atom stereocenters. The van der Waals surface area contributed by atoms with Crippen molar-refractivity contribution in [1.82, 2.24) is 9.97 Å². The zero-order valence-electron chi connectivity index (χ0n) is 8.30. The third-order valence-electron chi connectivity index (χ3n) is 1.98. The summed E-state index contributed by atoms with van der Waals surface area (Å²) in [4.78, 5) is 17.7. The number of hydrogen-bond acceptors (Lipinski definition) is 3. The molecular weight excluding hydrogens is 359 g/mol. The smallest absolute Gasteiger partial charge is 0.266 e. The first-order valence-corrected chi connectivity index (χ1v) is 5.99. The van der Waals surface area contributed by atoms with E-state index in [9.17, 15) is 9.18 Å². The van der Waals surface area contributed by atoms with Gasteiger partial charge in [0.15, 0.2) is 5.82 Å². The second-order valence-corrected chi connectivity index (χ2v) is 4.66. The molecule has 1 aromatic heterocycles. The molecule has 0 bridgehead atoms. The van der Waals surface area contributed by atoms with Crippen LogP contribution in [0.2, 0.25) is 5.02 Å². The van der Waals surface area contributed by atoms with E-state index in [1.807, 2.05) is 22.6 Å². The van der Waals surface area contributed by atoms with Crippen molar-refractivity contribution in [2.75, 3.05) is 5.32 Å².